The molecular formula is C14H20ClNO. The molecule has 1 aromatic carbocycles. The van der Waals surface area contributed by atoms with Gasteiger partial charge in [0.25, 0.3) is 0 Å². The highest BCUT2D eigenvalue weighted by molar-refractivity contribution is 6.32. The van der Waals surface area contributed by atoms with Crippen molar-refractivity contribution in [3.8, 4) is 5.75 Å². The van der Waals surface area contributed by atoms with Gasteiger partial charge in [0.1, 0.15) is 5.75 Å². The maximum absolute atomic E-state index is 6.23. The lowest BCUT2D eigenvalue weighted by molar-refractivity contribution is 0.210. The Labute approximate surface area is 108 Å². The van der Waals surface area contributed by atoms with Crippen molar-refractivity contribution in [1.29, 1.82) is 0 Å². The van der Waals surface area contributed by atoms with E-state index in [0.717, 1.165) is 36.7 Å². The second-order valence-electron chi connectivity index (χ2n) is 4.57. The maximum Gasteiger partial charge on any atom is 0.138 e. The number of halogens is 1. The smallest absolute Gasteiger partial charge is 0.138 e. The Morgan fingerprint density at radius 2 is 2.12 bits per heavy atom. The Kier molecular flexibility index (Phi) is 4.69. The largest absolute Gasteiger partial charge is 0.489 e. The van der Waals surface area contributed by atoms with Gasteiger partial charge in [-0.1, -0.05) is 24.6 Å². The Bertz CT molecular complexity index is 361. The van der Waals surface area contributed by atoms with E-state index in [2.05, 4.69) is 18.3 Å². The summed E-state index contributed by atoms with van der Waals surface area (Å²) in [5.74, 6) is 0.832. The van der Waals surface area contributed by atoms with E-state index >= 15 is 0 Å². The van der Waals surface area contributed by atoms with Gasteiger partial charge in [0, 0.05) is 6.54 Å². The Balaban J connectivity index is 1.98. The highest BCUT2D eigenvalue weighted by Gasteiger charge is 2.17. The minimum absolute atomic E-state index is 0.368. The molecule has 2 rings (SSSR count). The molecule has 1 saturated carbocycles. The Morgan fingerprint density at radius 1 is 1.35 bits per heavy atom. The molecule has 94 valence electrons. The van der Waals surface area contributed by atoms with Crippen LogP contribution in [-0.4, -0.2) is 12.6 Å². The van der Waals surface area contributed by atoms with Crippen LogP contribution in [0.15, 0.2) is 18.2 Å². The van der Waals surface area contributed by atoms with Gasteiger partial charge < -0.3 is 10.1 Å². The van der Waals surface area contributed by atoms with Gasteiger partial charge in [-0.15, -0.1) is 0 Å². The van der Waals surface area contributed by atoms with E-state index in [9.17, 15) is 0 Å². The zero-order chi connectivity index (χ0) is 12.1. The summed E-state index contributed by atoms with van der Waals surface area (Å²) in [6.45, 7) is 3.93. The van der Waals surface area contributed by atoms with Crippen molar-refractivity contribution in [3.05, 3.63) is 28.8 Å². The first-order valence-electron chi connectivity index (χ1n) is 6.45. The van der Waals surface area contributed by atoms with Crippen LogP contribution in [0.5, 0.6) is 5.75 Å². The lowest BCUT2D eigenvalue weighted by Crippen LogP contribution is -2.13. The summed E-state index contributed by atoms with van der Waals surface area (Å²) in [5, 5.41) is 4.01. The first-order chi connectivity index (χ1) is 8.29. The number of benzene rings is 1. The number of hydrogen-bond acceptors (Lipinski definition) is 2. The Morgan fingerprint density at radius 3 is 2.76 bits per heavy atom. The molecule has 0 amide bonds. The summed E-state index contributed by atoms with van der Waals surface area (Å²) in [7, 11) is 0. The molecule has 1 N–H and O–H groups in total. The van der Waals surface area contributed by atoms with Crippen molar-refractivity contribution in [3.63, 3.8) is 0 Å². The van der Waals surface area contributed by atoms with Crippen LogP contribution in [0.25, 0.3) is 0 Å². The van der Waals surface area contributed by atoms with Gasteiger partial charge in [0.2, 0.25) is 0 Å². The van der Waals surface area contributed by atoms with E-state index in [1.54, 1.807) is 0 Å². The average molecular weight is 254 g/mol. The maximum atomic E-state index is 6.23. The molecule has 3 heteroatoms. The normalized spacial score (nSPS) is 16.4. The van der Waals surface area contributed by atoms with E-state index in [4.69, 9.17) is 16.3 Å². The summed E-state index contributed by atoms with van der Waals surface area (Å²) in [6, 6.07) is 6.07. The van der Waals surface area contributed by atoms with Crippen LogP contribution < -0.4 is 10.1 Å². The van der Waals surface area contributed by atoms with Crippen LogP contribution in [0.3, 0.4) is 0 Å². The summed E-state index contributed by atoms with van der Waals surface area (Å²) in [6.07, 6.45) is 5.25. The van der Waals surface area contributed by atoms with Crippen molar-refractivity contribution in [2.75, 3.05) is 6.54 Å². The standard InChI is InChI=1S/C14H20ClNO/c1-2-16-10-11-7-8-14(13(15)9-11)17-12-5-3-4-6-12/h7-9,12,16H,2-6,10H2,1H3. The molecule has 1 aliphatic rings. The monoisotopic (exact) mass is 253 g/mol. The summed E-state index contributed by atoms with van der Waals surface area (Å²) < 4.78 is 5.91. The van der Waals surface area contributed by atoms with E-state index in [-0.39, 0.29) is 0 Å². The number of ether oxygens (including phenoxy) is 1. The van der Waals surface area contributed by atoms with Gasteiger partial charge in [-0.2, -0.15) is 0 Å². The molecule has 1 aromatic rings. The Hall–Kier alpha value is -0.730. The summed E-state index contributed by atoms with van der Waals surface area (Å²) >= 11 is 6.23. The molecule has 17 heavy (non-hydrogen) atoms. The predicted molar refractivity (Wildman–Crippen MR) is 71.7 cm³/mol. The van der Waals surface area contributed by atoms with Crippen molar-refractivity contribution >= 4 is 11.6 Å². The highest BCUT2D eigenvalue weighted by atomic mass is 35.5. The molecular weight excluding hydrogens is 234 g/mol. The highest BCUT2D eigenvalue weighted by Crippen LogP contribution is 2.30. The molecule has 0 atom stereocenters. The van der Waals surface area contributed by atoms with Crippen LogP contribution in [-0.2, 0) is 6.54 Å². The molecule has 0 radical (unpaired) electrons. The number of rotatable bonds is 5. The van der Waals surface area contributed by atoms with Crippen molar-refractivity contribution in [2.45, 2.75) is 45.3 Å². The molecule has 0 aromatic heterocycles. The van der Waals surface area contributed by atoms with Gasteiger partial charge in [-0.3, -0.25) is 0 Å². The molecule has 1 fully saturated rings. The topological polar surface area (TPSA) is 21.3 Å². The van der Waals surface area contributed by atoms with Crippen LogP contribution in [0.2, 0.25) is 5.02 Å². The van der Waals surface area contributed by atoms with Crippen LogP contribution in [0.4, 0.5) is 0 Å². The van der Waals surface area contributed by atoms with E-state index < -0.39 is 0 Å². The fourth-order valence-electron chi connectivity index (χ4n) is 2.20. The predicted octanol–water partition coefficient (Wildman–Crippen LogP) is 3.77. The van der Waals surface area contributed by atoms with Gasteiger partial charge >= 0.3 is 0 Å². The SMILES string of the molecule is CCNCc1ccc(OC2CCCC2)c(Cl)c1. The van der Waals surface area contributed by atoms with E-state index in [0.29, 0.717) is 6.10 Å². The fraction of sp³-hybridized carbons (Fsp3) is 0.571. The molecule has 0 unspecified atom stereocenters. The first-order valence-corrected chi connectivity index (χ1v) is 6.83. The van der Waals surface area contributed by atoms with Gasteiger partial charge in [-0.25, -0.2) is 0 Å². The zero-order valence-corrected chi connectivity index (χ0v) is 11.1. The second-order valence-corrected chi connectivity index (χ2v) is 4.98. The zero-order valence-electron chi connectivity index (χ0n) is 10.3. The number of nitrogens with one attached hydrogen (secondary N) is 1. The molecule has 1 aliphatic carbocycles. The minimum atomic E-state index is 0.368. The van der Waals surface area contributed by atoms with E-state index in [1.807, 2.05) is 12.1 Å². The third-order valence-corrected chi connectivity index (χ3v) is 3.47. The average Bonchev–Trinajstić information content (AvgIpc) is 2.82. The second kappa shape index (κ2) is 6.27. The van der Waals surface area contributed by atoms with Crippen LogP contribution >= 0.6 is 11.6 Å². The first kappa shape index (κ1) is 12.7. The molecule has 0 bridgehead atoms. The summed E-state index contributed by atoms with van der Waals surface area (Å²) in [5.41, 5.74) is 1.20. The van der Waals surface area contributed by atoms with E-state index in [1.165, 1.54) is 18.4 Å². The molecule has 2 nitrogen and oxygen atoms in total. The quantitative estimate of drug-likeness (QED) is 0.863. The summed E-state index contributed by atoms with van der Waals surface area (Å²) in [4.78, 5) is 0. The van der Waals surface area contributed by atoms with Gasteiger partial charge in [0.15, 0.2) is 0 Å². The van der Waals surface area contributed by atoms with Gasteiger partial charge in [-0.05, 0) is 49.9 Å². The molecule has 0 saturated heterocycles. The third kappa shape index (κ3) is 3.62. The molecule has 0 spiro atoms. The number of hydrogen-bond donors (Lipinski definition) is 1. The molecule has 0 aliphatic heterocycles. The van der Waals surface area contributed by atoms with Crippen molar-refractivity contribution in [2.24, 2.45) is 0 Å². The van der Waals surface area contributed by atoms with Crippen molar-refractivity contribution in [1.82, 2.24) is 5.32 Å². The van der Waals surface area contributed by atoms with Crippen LogP contribution in [0, 0.1) is 0 Å². The lowest BCUT2D eigenvalue weighted by atomic mass is 10.2. The van der Waals surface area contributed by atoms with Crippen molar-refractivity contribution < 1.29 is 4.74 Å². The molecule has 0 heterocycles. The fourth-order valence-corrected chi connectivity index (χ4v) is 2.45. The van der Waals surface area contributed by atoms with Crippen LogP contribution in [0.1, 0.15) is 38.2 Å². The lowest BCUT2D eigenvalue weighted by Gasteiger charge is -2.15. The minimum Gasteiger partial charge on any atom is -0.489 e. The third-order valence-electron chi connectivity index (χ3n) is 3.17. The van der Waals surface area contributed by atoms with Gasteiger partial charge in [0.05, 0.1) is 11.1 Å².